The zero-order valence-electron chi connectivity index (χ0n) is 27.2. The van der Waals surface area contributed by atoms with Gasteiger partial charge < -0.3 is 18.9 Å². The van der Waals surface area contributed by atoms with Gasteiger partial charge in [0.05, 0.1) is 26.4 Å². The summed E-state index contributed by atoms with van der Waals surface area (Å²) in [4.78, 5) is 0. The molecule has 2 saturated heterocycles. The van der Waals surface area contributed by atoms with Gasteiger partial charge in [-0.3, -0.25) is 0 Å². The Bertz CT molecular complexity index is 1380. The quantitative estimate of drug-likeness (QED) is 0.299. The van der Waals surface area contributed by atoms with E-state index in [4.69, 9.17) is 29.5 Å². The van der Waals surface area contributed by atoms with E-state index >= 15 is 0 Å². The predicted molar refractivity (Wildman–Crippen MR) is 165 cm³/mol. The largest absolute Gasteiger partial charge is 0.348 e. The third-order valence-electron chi connectivity index (χ3n) is 10.6. The van der Waals surface area contributed by atoms with Gasteiger partial charge >= 0.3 is 0 Å². The van der Waals surface area contributed by atoms with Crippen molar-refractivity contribution in [3.05, 3.63) is 69.8 Å². The first-order valence-electron chi connectivity index (χ1n) is 16.9. The van der Waals surface area contributed by atoms with Crippen molar-refractivity contribution in [1.82, 2.24) is 0 Å². The highest BCUT2D eigenvalue weighted by molar-refractivity contribution is 5.36. The summed E-state index contributed by atoms with van der Waals surface area (Å²) in [6.45, 7) is 6.73. The second kappa shape index (κ2) is 16.4. The Morgan fingerprint density at radius 3 is 1.23 bits per heavy atom. The maximum Gasteiger partial charge on any atom is 0.184 e. The zero-order chi connectivity index (χ0) is 33.5. The van der Waals surface area contributed by atoms with Gasteiger partial charge in [0.15, 0.2) is 12.6 Å². The van der Waals surface area contributed by atoms with Crippen LogP contribution in [0.5, 0.6) is 0 Å². The molecule has 0 amide bonds. The second-order valence-electron chi connectivity index (χ2n) is 13.7. The maximum absolute atomic E-state index is 13.7. The predicted octanol–water partition coefficient (Wildman–Crippen LogP) is 9.04. The van der Waals surface area contributed by atoms with Gasteiger partial charge in [-0.1, -0.05) is 46.0 Å². The van der Waals surface area contributed by atoms with Crippen molar-refractivity contribution in [3.8, 4) is 12.1 Å². The van der Waals surface area contributed by atoms with Crippen LogP contribution in [0.2, 0.25) is 0 Å². The Morgan fingerprint density at radius 2 is 0.915 bits per heavy atom. The van der Waals surface area contributed by atoms with Gasteiger partial charge in [-0.25, -0.2) is 17.6 Å². The van der Waals surface area contributed by atoms with Crippen LogP contribution < -0.4 is 0 Å². The molecule has 2 aliphatic heterocycles. The minimum absolute atomic E-state index is 0.287. The summed E-state index contributed by atoms with van der Waals surface area (Å²) in [5.74, 6) is 0.0809. The summed E-state index contributed by atoms with van der Waals surface area (Å²) in [5, 5.41) is 17.4. The smallest absolute Gasteiger partial charge is 0.184 e. The first-order chi connectivity index (χ1) is 22.7. The van der Waals surface area contributed by atoms with Crippen LogP contribution in [0.1, 0.15) is 106 Å². The van der Waals surface area contributed by atoms with Crippen LogP contribution in [-0.4, -0.2) is 26.4 Å². The van der Waals surface area contributed by atoms with Gasteiger partial charge in [-0.05, 0) is 73.6 Å². The van der Waals surface area contributed by atoms with Crippen LogP contribution in [0.15, 0.2) is 24.3 Å². The average molecular weight is 657 g/mol. The molecule has 4 aliphatic rings. The SMILES string of the molecule is CC1CCC(C2COC(c3cc(F)c(C#N)c(F)c3)OC2)CC1.CCC1CCC(C2COC(c3cc(F)c(C#N)c(F)c3)OC2)CC1. The minimum atomic E-state index is -0.877. The highest BCUT2D eigenvalue weighted by Crippen LogP contribution is 2.39. The zero-order valence-corrected chi connectivity index (χ0v) is 27.2. The van der Waals surface area contributed by atoms with Gasteiger partial charge in [-0.2, -0.15) is 10.5 Å². The Balaban J connectivity index is 0.000000185. The van der Waals surface area contributed by atoms with Crippen LogP contribution in [0, 0.1) is 81.4 Å². The molecule has 0 radical (unpaired) electrons. The van der Waals surface area contributed by atoms with Crippen molar-refractivity contribution in [2.75, 3.05) is 26.4 Å². The number of hydrogen-bond donors (Lipinski definition) is 0. The molecule has 2 aromatic rings. The van der Waals surface area contributed by atoms with Crippen LogP contribution in [-0.2, 0) is 18.9 Å². The first-order valence-corrected chi connectivity index (χ1v) is 16.9. The Morgan fingerprint density at radius 1 is 0.574 bits per heavy atom. The molecule has 2 saturated carbocycles. The number of hydrogen-bond acceptors (Lipinski definition) is 6. The number of nitrogens with zero attached hydrogens (tertiary/aromatic N) is 2. The fraction of sp³-hybridized carbons (Fsp3) is 0.622. The molecule has 2 heterocycles. The number of rotatable bonds is 5. The molecule has 0 bridgehead atoms. The standard InChI is InChI=1S/C19H23F2NO2.C18H21F2NO2/c1-2-12-3-5-13(6-4-12)15-10-23-19(24-11-15)14-7-17(20)16(9-22)18(21)8-14;1-11-2-4-12(5-3-11)14-9-22-18(23-10-14)13-6-16(19)15(8-21)17(20)7-13/h7-8,12-13,15,19H,2-6,10-11H2,1H3;6-7,11-12,14,18H,2-5,9-10H2,1H3. The van der Waals surface area contributed by atoms with Crippen LogP contribution in [0.25, 0.3) is 0 Å². The van der Waals surface area contributed by atoms with E-state index < -0.39 is 47.0 Å². The maximum atomic E-state index is 13.7. The highest BCUT2D eigenvalue weighted by atomic mass is 19.1. The summed E-state index contributed by atoms with van der Waals surface area (Å²) >= 11 is 0. The Hall–Kier alpha value is -3.02. The lowest BCUT2D eigenvalue weighted by Crippen LogP contribution is -2.34. The first kappa shape index (κ1) is 35.3. The van der Waals surface area contributed by atoms with Gasteiger partial charge in [-0.15, -0.1) is 0 Å². The van der Waals surface area contributed by atoms with Crippen LogP contribution >= 0.6 is 0 Å². The molecule has 0 atom stereocenters. The van der Waals surface area contributed by atoms with Crippen molar-refractivity contribution in [2.24, 2.45) is 35.5 Å². The molecule has 0 aromatic heterocycles. The molecule has 254 valence electrons. The topological polar surface area (TPSA) is 84.5 Å². The van der Waals surface area contributed by atoms with E-state index in [9.17, 15) is 17.6 Å². The molecule has 2 aromatic carbocycles. The molecule has 6 rings (SSSR count). The van der Waals surface area contributed by atoms with Crippen LogP contribution in [0.4, 0.5) is 17.6 Å². The third kappa shape index (κ3) is 8.72. The van der Waals surface area contributed by atoms with E-state index in [2.05, 4.69) is 13.8 Å². The molecule has 0 unspecified atom stereocenters. The summed E-state index contributed by atoms with van der Waals surface area (Å²) in [7, 11) is 0. The van der Waals surface area contributed by atoms with Crippen molar-refractivity contribution in [3.63, 3.8) is 0 Å². The summed E-state index contributed by atoms with van der Waals surface area (Å²) in [6.07, 6.45) is 9.58. The molecule has 0 N–H and O–H groups in total. The number of nitriles is 2. The lowest BCUT2D eigenvalue weighted by Gasteiger charge is -2.37. The lowest BCUT2D eigenvalue weighted by molar-refractivity contribution is -0.215. The van der Waals surface area contributed by atoms with Crippen molar-refractivity contribution in [2.45, 2.75) is 84.2 Å². The van der Waals surface area contributed by atoms with Crippen molar-refractivity contribution in [1.29, 1.82) is 10.5 Å². The van der Waals surface area contributed by atoms with Gasteiger partial charge in [0.2, 0.25) is 0 Å². The van der Waals surface area contributed by atoms with Crippen molar-refractivity contribution >= 4 is 0 Å². The van der Waals surface area contributed by atoms with Crippen molar-refractivity contribution < 1.29 is 36.5 Å². The van der Waals surface area contributed by atoms with E-state index in [-0.39, 0.29) is 11.1 Å². The molecular weight excluding hydrogens is 612 g/mol. The fourth-order valence-corrected chi connectivity index (χ4v) is 7.46. The van der Waals surface area contributed by atoms with E-state index in [1.807, 2.05) is 0 Å². The van der Waals surface area contributed by atoms with Gasteiger partial charge in [0.25, 0.3) is 0 Å². The van der Waals surface area contributed by atoms with E-state index in [0.29, 0.717) is 50.1 Å². The highest BCUT2D eigenvalue weighted by Gasteiger charge is 2.34. The van der Waals surface area contributed by atoms with E-state index in [1.54, 1.807) is 0 Å². The Kier molecular flexibility index (Phi) is 12.3. The average Bonchev–Trinajstić information content (AvgIpc) is 3.09. The normalized spacial score (nSPS) is 31.1. The molecule has 6 nitrogen and oxygen atoms in total. The summed E-state index contributed by atoms with van der Waals surface area (Å²) < 4.78 is 77.7. The summed E-state index contributed by atoms with van der Waals surface area (Å²) in [5.41, 5.74) is -0.564. The van der Waals surface area contributed by atoms with E-state index in [1.165, 1.54) is 69.9 Å². The van der Waals surface area contributed by atoms with Crippen LogP contribution in [0.3, 0.4) is 0 Å². The van der Waals surface area contributed by atoms with Gasteiger partial charge in [0, 0.05) is 23.0 Å². The number of halogens is 4. The Labute approximate surface area is 274 Å². The fourth-order valence-electron chi connectivity index (χ4n) is 7.46. The molecule has 10 heteroatoms. The van der Waals surface area contributed by atoms with E-state index in [0.717, 1.165) is 36.1 Å². The summed E-state index contributed by atoms with van der Waals surface area (Å²) in [6, 6.07) is 7.52. The van der Waals surface area contributed by atoms with Gasteiger partial charge in [0.1, 0.15) is 46.5 Å². The number of benzene rings is 2. The monoisotopic (exact) mass is 656 g/mol. The molecule has 0 spiro atoms. The molecular formula is C37H44F4N2O4. The molecule has 4 fully saturated rings. The second-order valence-corrected chi connectivity index (χ2v) is 13.7. The molecule has 47 heavy (non-hydrogen) atoms. The molecule has 2 aliphatic carbocycles. The number of ether oxygens (including phenoxy) is 4. The lowest BCUT2D eigenvalue weighted by atomic mass is 9.75. The third-order valence-corrected chi connectivity index (χ3v) is 10.6. The minimum Gasteiger partial charge on any atom is -0.348 e.